The van der Waals surface area contributed by atoms with Crippen LogP contribution in [0.4, 0.5) is 0 Å². The highest BCUT2D eigenvalue weighted by atomic mass is 32.1. The van der Waals surface area contributed by atoms with Crippen molar-refractivity contribution in [3.63, 3.8) is 0 Å². The number of thiophene rings is 1. The zero-order valence-electron chi connectivity index (χ0n) is 23.2. The fourth-order valence-electron chi connectivity index (χ4n) is 7.55. The molecule has 196 valence electrons. The Morgan fingerprint density at radius 2 is 1.44 bits per heavy atom. The number of para-hydroxylation sites is 1. The number of hydrogen-bond donors (Lipinski definition) is 0. The number of hydrogen-bond acceptors (Lipinski definition) is 1. The van der Waals surface area contributed by atoms with Crippen LogP contribution in [0.1, 0.15) is 42.9 Å². The predicted molar refractivity (Wildman–Crippen MR) is 177 cm³/mol. The maximum atomic E-state index is 2.45. The van der Waals surface area contributed by atoms with Crippen molar-refractivity contribution in [3.8, 4) is 5.69 Å². The lowest BCUT2D eigenvalue weighted by Gasteiger charge is -2.26. The van der Waals surface area contributed by atoms with Gasteiger partial charge in [-0.1, -0.05) is 98.8 Å². The molecule has 7 aromatic rings. The maximum Gasteiger partial charge on any atom is 0.0555 e. The fourth-order valence-corrected chi connectivity index (χ4v) is 8.67. The Bertz CT molecular complexity index is 2250. The minimum Gasteiger partial charge on any atom is -0.309 e. The van der Waals surface area contributed by atoms with Crippen molar-refractivity contribution in [2.45, 2.75) is 31.6 Å². The van der Waals surface area contributed by atoms with Gasteiger partial charge in [0.15, 0.2) is 0 Å². The molecule has 0 saturated heterocycles. The Kier molecular flexibility index (Phi) is 4.73. The van der Waals surface area contributed by atoms with Crippen LogP contribution in [0, 0.1) is 0 Å². The van der Waals surface area contributed by atoms with E-state index in [1.807, 2.05) is 11.3 Å². The first-order valence-electron chi connectivity index (χ1n) is 14.5. The summed E-state index contributed by atoms with van der Waals surface area (Å²) >= 11 is 1.89. The van der Waals surface area contributed by atoms with Crippen molar-refractivity contribution in [2.24, 2.45) is 0 Å². The van der Waals surface area contributed by atoms with Crippen LogP contribution in [0.25, 0.3) is 53.2 Å². The van der Waals surface area contributed by atoms with E-state index in [9.17, 15) is 0 Å². The molecular weight excluding hydrogens is 515 g/mol. The third-order valence-corrected chi connectivity index (χ3v) is 10.7. The molecule has 2 aliphatic rings. The van der Waals surface area contributed by atoms with Crippen molar-refractivity contribution >= 4 is 58.9 Å². The first kappa shape index (κ1) is 23.3. The van der Waals surface area contributed by atoms with Crippen LogP contribution in [0.3, 0.4) is 0 Å². The van der Waals surface area contributed by atoms with E-state index in [4.69, 9.17) is 0 Å². The summed E-state index contributed by atoms with van der Waals surface area (Å²) in [7, 11) is 0. The molecule has 1 nitrogen and oxygen atoms in total. The standard InChI is InChI=1S/C39H29NS/c1-39(2)33-12-6-3-9-27(33)30-21-25(17-20-34(30)39)24-15-18-26(19-16-24)40-35-13-7-4-10-28(35)31-22-32-29-11-5-8-14-37(29)41-38(32)23-36(31)40/h3-20,22-23,25H,21H2,1-2H3. The summed E-state index contributed by atoms with van der Waals surface area (Å²) in [6.07, 6.45) is 5.89. The molecule has 2 aliphatic carbocycles. The van der Waals surface area contributed by atoms with Crippen LogP contribution in [-0.2, 0) is 5.41 Å². The zero-order valence-corrected chi connectivity index (χ0v) is 24.0. The van der Waals surface area contributed by atoms with E-state index in [0.29, 0.717) is 5.92 Å². The van der Waals surface area contributed by atoms with Gasteiger partial charge in [0.05, 0.1) is 11.0 Å². The molecule has 5 aromatic carbocycles. The molecule has 41 heavy (non-hydrogen) atoms. The Morgan fingerprint density at radius 1 is 0.683 bits per heavy atom. The largest absolute Gasteiger partial charge is 0.309 e. The van der Waals surface area contributed by atoms with Gasteiger partial charge in [0.25, 0.3) is 0 Å². The van der Waals surface area contributed by atoms with Crippen LogP contribution in [0.2, 0.25) is 0 Å². The molecule has 1 unspecified atom stereocenters. The molecule has 2 heterocycles. The van der Waals surface area contributed by atoms with Crippen molar-refractivity contribution in [3.05, 3.63) is 144 Å². The van der Waals surface area contributed by atoms with Crippen LogP contribution >= 0.6 is 11.3 Å². The average Bonchev–Trinajstić information content (AvgIpc) is 3.61. The SMILES string of the molecule is CC1(C)C2=C(CC(c3ccc(-n4c5ccccc5c5cc6c(cc54)sc4ccccc46)cc3)C=C2)c2ccccc21. The van der Waals surface area contributed by atoms with Crippen LogP contribution in [0.5, 0.6) is 0 Å². The minimum absolute atomic E-state index is 0.0770. The van der Waals surface area contributed by atoms with Gasteiger partial charge in [0.1, 0.15) is 0 Å². The Labute approximate surface area is 243 Å². The normalized spacial score (nSPS) is 17.7. The van der Waals surface area contributed by atoms with Gasteiger partial charge in [-0.15, -0.1) is 11.3 Å². The molecule has 0 fully saturated rings. The second-order valence-electron chi connectivity index (χ2n) is 12.1. The molecule has 2 aromatic heterocycles. The van der Waals surface area contributed by atoms with Gasteiger partial charge in [-0.05, 0) is 70.7 Å². The molecule has 1 atom stereocenters. The second kappa shape index (κ2) is 8.31. The van der Waals surface area contributed by atoms with Crippen molar-refractivity contribution in [1.82, 2.24) is 4.57 Å². The van der Waals surface area contributed by atoms with E-state index >= 15 is 0 Å². The quantitative estimate of drug-likeness (QED) is 0.204. The molecule has 0 amide bonds. The second-order valence-corrected chi connectivity index (χ2v) is 13.2. The van der Waals surface area contributed by atoms with Crippen molar-refractivity contribution in [1.29, 1.82) is 0 Å². The van der Waals surface area contributed by atoms with Crippen LogP contribution in [-0.4, -0.2) is 4.57 Å². The van der Waals surface area contributed by atoms with E-state index in [1.54, 1.807) is 0 Å². The molecule has 0 spiro atoms. The predicted octanol–water partition coefficient (Wildman–Crippen LogP) is 10.9. The van der Waals surface area contributed by atoms with E-state index in [0.717, 1.165) is 6.42 Å². The van der Waals surface area contributed by atoms with E-state index in [2.05, 4.69) is 140 Å². The summed E-state index contributed by atoms with van der Waals surface area (Å²) in [5.41, 5.74) is 11.1. The van der Waals surface area contributed by atoms with Crippen molar-refractivity contribution < 1.29 is 0 Å². The monoisotopic (exact) mass is 543 g/mol. The lowest BCUT2D eigenvalue weighted by molar-refractivity contribution is 0.649. The first-order chi connectivity index (χ1) is 20.1. The number of benzene rings is 5. The molecular formula is C39H29NS. The minimum atomic E-state index is 0.0770. The summed E-state index contributed by atoms with van der Waals surface area (Å²) < 4.78 is 5.14. The third-order valence-electron chi connectivity index (χ3n) is 9.59. The number of fused-ring (bicyclic) bond motifs is 8. The van der Waals surface area contributed by atoms with Gasteiger partial charge in [-0.25, -0.2) is 0 Å². The highest BCUT2D eigenvalue weighted by Gasteiger charge is 2.38. The zero-order chi connectivity index (χ0) is 27.3. The summed E-state index contributed by atoms with van der Waals surface area (Å²) in [6, 6.07) is 40.8. The third kappa shape index (κ3) is 3.23. The van der Waals surface area contributed by atoms with Gasteiger partial charge in [-0.2, -0.15) is 0 Å². The average molecular weight is 544 g/mol. The summed E-state index contributed by atoms with van der Waals surface area (Å²) in [5.74, 6) is 0.390. The number of aromatic nitrogens is 1. The summed E-state index contributed by atoms with van der Waals surface area (Å²) in [6.45, 7) is 4.73. The van der Waals surface area contributed by atoms with E-state index in [1.165, 1.54) is 75.5 Å². The molecule has 0 radical (unpaired) electrons. The van der Waals surface area contributed by atoms with Gasteiger partial charge in [-0.3, -0.25) is 0 Å². The number of rotatable bonds is 2. The van der Waals surface area contributed by atoms with Gasteiger partial charge < -0.3 is 4.57 Å². The highest BCUT2D eigenvalue weighted by molar-refractivity contribution is 7.25. The molecule has 0 aliphatic heterocycles. The number of allylic oxidation sites excluding steroid dienone is 4. The Hall–Kier alpha value is -4.40. The lowest BCUT2D eigenvalue weighted by atomic mass is 9.78. The van der Waals surface area contributed by atoms with Gasteiger partial charge in [0, 0.05) is 48.0 Å². The number of nitrogens with zero attached hydrogens (tertiary/aromatic N) is 1. The van der Waals surface area contributed by atoms with Gasteiger partial charge >= 0.3 is 0 Å². The molecule has 0 saturated carbocycles. The van der Waals surface area contributed by atoms with Crippen LogP contribution in [0.15, 0.2) is 127 Å². The smallest absolute Gasteiger partial charge is 0.0555 e. The summed E-state index contributed by atoms with van der Waals surface area (Å²) in [5, 5.41) is 5.33. The molecule has 9 rings (SSSR count). The Balaban J connectivity index is 1.15. The molecule has 0 N–H and O–H groups in total. The van der Waals surface area contributed by atoms with Gasteiger partial charge in [0.2, 0.25) is 0 Å². The highest BCUT2D eigenvalue weighted by Crippen LogP contribution is 2.52. The van der Waals surface area contributed by atoms with Crippen LogP contribution < -0.4 is 0 Å². The maximum absolute atomic E-state index is 2.45. The van der Waals surface area contributed by atoms with Crippen molar-refractivity contribution in [2.75, 3.05) is 0 Å². The Morgan fingerprint density at radius 3 is 2.32 bits per heavy atom. The topological polar surface area (TPSA) is 4.93 Å². The summed E-state index contributed by atoms with van der Waals surface area (Å²) in [4.78, 5) is 0. The molecule has 2 heteroatoms. The van der Waals surface area contributed by atoms with E-state index < -0.39 is 0 Å². The van der Waals surface area contributed by atoms with E-state index in [-0.39, 0.29) is 5.41 Å². The first-order valence-corrected chi connectivity index (χ1v) is 15.4. The lowest BCUT2D eigenvalue weighted by Crippen LogP contribution is -2.17. The molecule has 0 bridgehead atoms. The fraction of sp³-hybridized carbons (Fsp3) is 0.128.